The lowest BCUT2D eigenvalue weighted by Crippen LogP contribution is -2.33. The van der Waals surface area contributed by atoms with Gasteiger partial charge in [-0.3, -0.25) is 0 Å². The first-order valence-corrected chi connectivity index (χ1v) is 5.82. The molecule has 1 aliphatic rings. The van der Waals surface area contributed by atoms with E-state index in [4.69, 9.17) is 5.73 Å². The van der Waals surface area contributed by atoms with Crippen molar-refractivity contribution < 1.29 is 13.9 Å². The smallest absolute Gasteiger partial charge is 0.147 e. The van der Waals surface area contributed by atoms with Crippen molar-refractivity contribution in [1.82, 2.24) is 0 Å². The van der Waals surface area contributed by atoms with E-state index in [1.54, 1.807) is 6.92 Å². The summed E-state index contributed by atoms with van der Waals surface area (Å²) >= 11 is 2.90. The molecule has 2 nitrogen and oxygen atoms in total. The fourth-order valence-electron chi connectivity index (χ4n) is 2.11. The first kappa shape index (κ1) is 11.8. The highest BCUT2D eigenvalue weighted by Crippen LogP contribution is 2.53. The van der Waals surface area contributed by atoms with E-state index in [1.165, 1.54) is 0 Å². The van der Waals surface area contributed by atoms with Crippen molar-refractivity contribution in [1.29, 1.82) is 0 Å². The SMILES string of the molecule is CC(N)C1(c2c(F)cc(O)c(Br)c2F)CC1. The van der Waals surface area contributed by atoms with Crippen LogP contribution in [0.3, 0.4) is 0 Å². The number of hydrogen-bond acceptors (Lipinski definition) is 2. The maximum Gasteiger partial charge on any atom is 0.147 e. The minimum Gasteiger partial charge on any atom is -0.507 e. The number of hydrogen-bond donors (Lipinski definition) is 2. The third-order valence-corrected chi connectivity index (χ3v) is 4.05. The minimum absolute atomic E-state index is 0.00725. The molecule has 5 heteroatoms. The van der Waals surface area contributed by atoms with Crippen LogP contribution in [0.5, 0.6) is 5.75 Å². The Labute approximate surface area is 101 Å². The van der Waals surface area contributed by atoms with Crippen LogP contribution in [0.4, 0.5) is 8.78 Å². The monoisotopic (exact) mass is 291 g/mol. The second kappa shape index (κ2) is 3.67. The molecule has 1 unspecified atom stereocenters. The van der Waals surface area contributed by atoms with E-state index < -0.39 is 22.8 Å². The van der Waals surface area contributed by atoms with Crippen molar-refractivity contribution in [2.45, 2.75) is 31.2 Å². The fraction of sp³-hybridized carbons (Fsp3) is 0.455. The molecule has 1 aliphatic carbocycles. The van der Waals surface area contributed by atoms with E-state index in [-0.39, 0.29) is 16.1 Å². The van der Waals surface area contributed by atoms with E-state index in [1.807, 2.05) is 0 Å². The van der Waals surface area contributed by atoms with Crippen molar-refractivity contribution >= 4 is 15.9 Å². The number of rotatable bonds is 2. The predicted molar refractivity (Wildman–Crippen MR) is 60.3 cm³/mol. The molecular formula is C11H12BrF2NO. The lowest BCUT2D eigenvalue weighted by Gasteiger charge is -2.22. The van der Waals surface area contributed by atoms with Crippen LogP contribution in [-0.2, 0) is 5.41 Å². The molecule has 0 aromatic heterocycles. The van der Waals surface area contributed by atoms with Crippen LogP contribution in [0.2, 0.25) is 0 Å². The van der Waals surface area contributed by atoms with Crippen LogP contribution in [-0.4, -0.2) is 11.1 Å². The van der Waals surface area contributed by atoms with Gasteiger partial charge in [-0.1, -0.05) is 0 Å². The van der Waals surface area contributed by atoms with Crippen LogP contribution in [0.15, 0.2) is 10.5 Å². The van der Waals surface area contributed by atoms with Crippen molar-refractivity contribution in [3.63, 3.8) is 0 Å². The highest BCUT2D eigenvalue weighted by Gasteiger charge is 2.51. The molecule has 2 rings (SSSR count). The maximum absolute atomic E-state index is 13.9. The van der Waals surface area contributed by atoms with Gasteiger partial charge in [-0.05, 0) is 35.7 Å². The van der Waals surface area contributed by atoms with E-state index in [2.05, 4.69) is 15.9 Å². The molecule has 16 heavy (non-hydrogen) atoms. The topological polar surface area (TPSA) is 46.2 Å². The van der Waals surface area contributed by atoms with Crippen molar-refractivity contribution in [2.75, 3.05) is 0 Å². The first-order chi connectivity index (χ1) is 7.40. The molecule has 0 radical (unpaired) electrons. The first-order valence-electron chi connectivity index (χ1n) is 5.02. The van der Waals surface area contributed by atoms with Gasteiger partial charge in [-0.15, -0.1) is 0 Å². The third-order valence-electron chi connectivity index (χ3n) is 3.30. The molecule has 3 N–H and O–H groups in total. The molecule has 1 fully saturated rings. The van der Waals surface area contributed by atoms with Crippen LogP contribution < -0.4 is 5.73 Å². The van der Waals surface area contributed by atoms with Gasteiger partial charge < -0.3 is 10.8 Å². The summed E-state index contributed by atoms with van der Waals surface area (Å²) in [7, 11) is 0. The number of benzene rings is 1. The summed E-state index contributed by atoms with van der Waals surface area (Å²) in [5.74, 6) is -1.90. The Kier molecular flexibility index (Phi) is 2.70. The van der Waals surface area contributed by atoms with Gasteiger partial charge in [0.2, 0.25) is 0 Å². The Morgan fingerprint density at radius 2 is 2.06 bits per heavy atom. The Morgan fingerprint density at radius 1 is 1.50 bits per heavy atom. The summed E-state index contributed by atoms with van der Waals surface area (Å²) in [6.45, 7) is 1.74. The number of phenols is 1. The molecule has 1 saturated carbocycles. The molecule has 0 heterocycles. The molecular weight excluding hydrogens is 280 g/mol. The Balaban J connectivity index is 2.62. The van der Waals surface area contributed by atoms with Gasteiger partial charge in [0, 0.05) is 23.1 Å². The summed E-state index contributed by atoms with van der Waals surface area (Å²) < 4.78 is 27.5. The van der Waals surface area contributed by atoms with E-state index in [9.17, 15) is 13.9 Å². The molecule has 0 aliphatic heterocycles. The average Bonchev–Trinajstić information content (AvgIpc) is 2.96. The highest BCUT2D eigenvalue weighted by atomic mass is 79.9. The van der Waals surface area contributed by atoms with Crippen molar-refractivity contribution in [3.8, 4) is 5.75 Å². The highest BCUT2D eigenvalue weighted by molar-refractivity contribution is 9.10. The van der Waals surface area contributed by atoms with E-state index in [0.717, 1.165) is 6.07 Å². The van der Waals surface area contributed by atoms with Gasteiger partial charge in [-0.2, -0.15) is 0 Å². The summed E-state index contributed by atoms with van der Waals surface area (Å²) in [4.78, 5) is 0. The lowest BCUT2D eigenvalue weighted by atomic mass is 9.88. The van der Waals surface area contributed by atoms with Gasteiger partial charge in [0.1, 0.15) is 17.4 Å². The zero-order valence-corrected chi connectivity index (χ0v) is 10.3. The summed E-state index contributed by atoms with van der Waals surface area (Å²) in [5.41, 5.74) is 5.17. The van der Waals surface area contributed by atoms with Gasteiger partial charge in [0.05, 0.1) is 4.47 Å². The summed E-state index contributed by atoms with van der Waals surface area (Å²) in [5, 5.41) is 9.27. The third kappa shape index (κ3) is 1.53. The van der Waals surface area contributed by atoms with E-state index >= 15 is 0 Å². The molecule has 0 saturated heterocycles. The second-order valence-electron chi connectivity index (χ2n) is 4.33. The summed E-state index contributed by atoms with van der Waals surface area (Å²) in [6.07, 6.45) is 1.35. The minimum atomic E-state index is -0.743. The van der Waals surface area contributed by atoms with Gasteiger partial charge in [0.25, 0.3) is 0 Å². The van der Waals surface area contributed by atoms with Crippen molar-refractivity contribution in [2.24, 2.45) is 5.73 Å². The van der Waals surface area contributed by atoms with Crippen LogP contribution in [0, 0.1) is 11.6 Å². The lowest BCUT2D eigenvalue weighted by molar-refractivity contribution is 0.433. The van der Waals surface area contributed by atoms with Gasteiger partial charge in [-0.25, -0.2) is 8.78 Å². The van der Waals surface area contributed by atoms with E-state index in [0.29, 0.717) is 12.8 Å². The van der Waals surface area contributed by atoms with Crippen LogP contribution in [0.25, 0.3) is 0 Å². The average molecular weight is 292 g/mol. The molecule has 0 amide bonds. The quantitative estimate of drug-likeness (QED) is 0.823. The Hall–Kier alpha value is -0.680. The van der Waals surface area contributed by atoms with Crippen LogP contribution >= 0.6 is 15.9 Å². The van der Waals surface area contributed by atoms with Gasteiger partial charge in [0.15, 0.2) is 0 Å². The molecule has 0 spiro atoms. The normalized spacial score (nSPS) is 19.6. The maximum atomic E-state index is 13.9. The zero-order chi connectivity index (χ0) is 12.1. The predicted octanol–water partition coefficient (Wildman–Crippen LogP) is 2.81. The molecule has 88 valence electrons. The number of phenolic OH excluding ortho intramolecular Hbond substituents is 1. The summed E-state index contributed by atoms with van der Waals surface area (Å²) in [6, 6.07) is 0.609. The molecule has 1 atom stereocenters. The Bertz CT molecular complexity index is 444. The van der Waals surface area contributed by atoms with Crippen molar-refractivity contribution in [3.05, 3.63) is 27.7 Å². The number of nitrogens with two attached hydrogens (primary N) is 1. The molecule has 1 aromatic rings. The Morgan fingerprint density at radius 3 is 2.50 bits per heavy atom. The number of halogens is 3. The van der Waals surface area contributed by atoms with Crippen LogP contribution in [0.1, 0.15) is 25.3 Å². The fourth-order valence-corrected chi connectivity index (χ4v) is 2.42. The molecule has 0 bridgehead atoms. The molecule has 1 aromatic carbocycles. The largest absolute Gasteiger partial charge is 0.507 e. The second-order valence-corrected chi connectivity index (χ2v) is 5.12. The standard InChI is InChI=1S/C11H12BrF2NO/c1-5(15)11(2-3-11)8-6(13)4-7(16)9(12)10(8)14/h4-5,16H,2-3,15H2,1H3. The van der Waals surface area contributed by atoms with Gasteiger partial charge >= 0.3 is 0 Å². The number of aromatic hydroxyl groups is 1. The zero-order valence-electron chi connectivity index (χ0n) is 8.73.